The van der Waals surface area contributed by atoms with Crippen LogP contribution < -0.4 is 11.2 Å². The molecule has 3 aromatic rings. The molecule has 0 spiro atoms. The van der Waals surface area contributed by atoms with E-state index >= 15 is 0 Å². The molecule has 2 aromatic heterocycles. The molecule has 0 saturated carbocycles. The van der Waals surface area contributed by atoms with Crippen LogP contribution in [0.15, 0.2) is 40.2 Å². The van der Waals surface area contributed by atoms with Gasteiger partial charge >= 0.3 is 5.69 Å². The highest BCUT2D eigenvalue weighted by Gasteiger charge is 2.16. The topological polar surface area (TPSA) is 78.9 Å². The maximum absolute atomic E-state index is 12.6. The standard InChI is InChI=1S/C19H22N4O3/c1-5-12(2)13-6-8-14(9-7-13)15(24)10-23-11-20-17-16(23)18(25)22(4)19(26)21(17)3/h6-9,11-12H,5,10H2,1-4H3. The van der Waals surface area contributed by atoms with Gasteiger partial charge in [0.2, 0.25) is 0 Å². The van der Waals surface area contributed by atoms with Crippen LogP contribution in [0.3, 0.4) is 0 Å². The van der Waals surface area contributed by atoms with Crippen LogP contribution in [-0.2, 0) is 20.6 Å². The van der Waals surface area contributed by atoms with Crippen molar-refractivity contribution in [1.82, 2.24) is 18.7 Å². The van der Waals surface area contributed by atoms with Gasteiger partial charge in [0, 0.05) is 19.7 Å². The average molecular weight is 354 g/mol. The predicted molar refractivity (Wildman–Crippen MR) is 99.7 cm³/mol. The molecule has 136 valence electrons. The molecule has 3 rings (SSSR count). The van der Waals surface area contributed by atoms with Crippen molar-refractivity contribution in [2.75, 3.05) is 0 Å². The van der Waals surface area contributed by atoms with Crippen LogP contribution in [-0.4, -0.2) is 24.5 Å². The molecule has 0 aliphatic carbocycles. The Kier molecular flexibility index (Phi) is 4.63. The van der Waals surface area contributed by atoms with E-state index in [1.165, 1.54) is 28.1 Å². The van der Waals surface area contributed by atoms with Crippen molar-refractivity contribution in [2.45, 2.75) is 32.7 Å². The fraction of sp³-hybridized carbons (Fsp3) is 0.368. The first kappa shape index (κ1) is 17.8. The highest BCUT2D eigenvalue weighted by molar-refractivity contribution is 5.96. The van der Waals surface area contributed by atoms with Crippen LogP contribution in [0, 0.1) is 0 Å². The zero-order valence-corrected chi connectivity index (χ0v) is 15.4. The molecule has 2 heterocycles. The van der Waals surface area contributed by atoms with Crippen molar-refractivity contribution in [3.8, 4) is 0 Å². The van der Waals surface area contributed by atoms with Gasteiger partial charge in [-0.25, -0.2) is 9.78 Å². The van der Waals surface area contributed by atoms with Crippen LogP contribution in [0.25, 0.3) is 11.2 Å². The lowest BCUT2D eigenvalue weighted by Crippen LogP contribution is -2.37. The number of benzene rings is 1. The molecule has 0 radical (unpaired) electrons. The number of hydrogen-bond donors (Lipinski definition) is 0. The fourth-order valence-electron chi connectivity index (χ4n) is 3.00. The molecular weight excluding hydrogens is 332 g/mol. The third-order valence-electron chi connectivity index (χ3n) is 4.95. The number of ketones is 1. The summed E-state index contributed by atoms with van der Waals surface area (Å²) in [5, 5.41) is 0. The summed E-state index contributed by atoms with van der Waals surface area (Å²) in [6, 6.07) is 7.57. The van der Waals surface area contributed by atoms with E-state index in [1.54, 1.807) is 7.05 Å². The summed E-state index contributed by atoms with van der Waals surface area (Å²) < 4.78 is 3.83. The highest BCUT2D eigenvalue weighted by Crippen LogP contribution is 2.19. The zero-order chi connectivity index (χ0) is 19.0. The first-order valence-corrected chi connectivity index (χ1v) is 8.59. The van der Waals surface area contributed by atoms with E-state index in [-0.39, 0.29) is 23.5 Å². The maximum Gasteiger partial charge on any atom is 0.332 e. The quantitative estimate of drug-likeness (QED) is 0.655. The fourth-order valence-corrected chi connectivity index (χ4v) is 3.00. The maximum atomic E-state index is 12.6. The van der Waals surface area contributed by atoms with Crippen LogP contribution in [0.4, 0.5) is 0 Å². The summed E-state index contributed by atoms with van der Waals surface area (Å²) in [4.78, 5) is 41.2. The Morgan fingerprint density at radius 1 is 1.12 bits per heavy atom. The van der Waals surface area contributed by atoms with Gasteiger partial charge in [-0.05, 0) is 17.9 Å². The van der Waals surface area contributed by atoms with Crippen molar-refractivity contribution in [3.63, 3.8) is 0 Å². The number of fused-ring (bicyclic) bond motifs is 1. The van der Waals surface area contributed by atoms with Gasteiger partial charge in [0.15, 0.2) is 16.9 Å². The number of Topliss-reactive ketones (excluding diaryl/α,β-unsaturated/α-hetero) is 1. The lowest BCUT2D eigenvalue weighted by atomic mass is 9.97. The number of aromatic nitrogens is 4. The molecule has 7 nitrogen and oxygen atoms in total. The zero-order valence-electron chi connectivity index (χ0n) is 15.4. The van der Waals surface area contributed by atoms with Crippen molar-refractivity contribution in [2.24, 2.45) is 14.1 Å². The SMILES string of the molecule is CCC(C)c1ccc(C(=O)Cn2cnc3c2c(=O)n(C)c(=O)n3C)cc1. The van der Waals surface area contributed by atoms with Gasteiger partial charge in [0.1, 0.15) is 0 Å². The summed E-state index contributed by atoms with van der Waals surface area (Å²) in [6.45, 7) is 4.27. The molecule has 0 aliphatic rings. The number of hydrogen-bond acceptors (Lipinski definition) is 4. The van der Waals surface area contributed by atoms with E-state index in [2.05, 4.69) is 18.8 Å². The van der Waals surface area contributed by atoms with E-state index in [0.29, 0.717) is 11.5 Å². The first-order chi connectivity index (χ1) is 12.3. The van der Waals surface area contributed by atoms with E-state index in [1.807, 2.05) is 24.3 Å². The van der Waals surface area contributed by atoms with Crippen LogP contribution in [0.1, 0.15) is 42.1 Å². The monoisotopic (exact) mass is 354 g/mol. The minimum Gasteiger partial charge on any atom is -0.317 e. The summed E-state index contributed by atoms with van der Waals surface area (Å²) in [5.74, 6) is 0.331. The molecule has 7 heteroatoms. The Morgan fingerprint density at radius 3 is 2.38 bits per heavy atom. The third-order valence-corrected chi connectivity index (χ3v) is 4.95. The van der Waals surface area contributed by atoms with Crippen molar-refractivity contribution in [1.29, 1.82) is 0 Å². The molecule has 1 atom stereocenters. The number of rotatable bonds is 5. The van der Waals surface area contributed by atoms with Crippen molar-refractivity contribution >= 4 is 16.9 Å². The summed E-state index contributed by atoms with van der Waals surface area (Å²) in [7, 11) is 2.97. The van der Waals surface area contributed by atoms with Crippen LogP contribution >= 0.6 is 0 Å². The number of aryl methyl sites for hydroxylation is 1. The van der Waals surface area contributed by atoms with Gasteiger partial charge in [-0.1, -0.05) is 38.1 Å². The second-order valence-corrected chi connectivity index (χ2v) is 6.60. The Labute approximate surface area is 150 Å². The smallest absolute Gasteiger partial charge is 0.317 e. The molecule has 0 amide bonds. The van der Waals surface area contributed by atoms with Gasteiger partial charge in [-0.2, -0.15) is 0 Å². The Hall–Kier alpha value is -2.96. The first-order valence-electron chi connectivity index (χ1n) is 8.59. The normalized spacial score (nSPS) is 12.5. The van der Waals surface area contributed by atoms with E-state index in [0.717, 1.165) is 11.0 Å². The largest absolute Gasteiger partial charge is 0.332 e. The predicted octanol–water partition coefficient (Wildman–Crippen LogP) is 1.83. The number of nitrogens with zero attached hydrogens (tertiary/aromatic N) is 4. The lowest BCUT2D eigenvalue weighted by molar-refractivity contribution is 0.0973. The second kappa shape index (κ2) is 6.74. The Balaban J connectivity index is 1.96. The average Bonchev–Trinajstić information content (AvgIpc) is 3.07. The molecule has 0 aliphatic heterocycles. The number of imidazole rings is 1. The molecule has 1 aromatic carbocycles. The van der Waals surface area contributed by atoms with E-state index in [4.69, 9.17) is 0 Å². The third kappa shape index (κ3) is 2.89. The van der Waals surface area contributed by atoms with Gasteiger partial charge in [0.05, 0.1) is 12.9 Å². The summed E-state index contributed by atoms with van der Waals surface area (Å²) in [6.07, 6.45) is 2.47. The second-order valence-electron chi connectivity index (χ2n) is 6.60. The molecular formula is C19H22N4O3. The number of carbonyl (C=O) groups excluding carboxylic acids is 1. The highest BCUT2D eigenvalue weighted by atomic mass is 16.2. The van der Waals surface area contributed by atoms with Crippen LogP contribution in [0.2, 0.25) is 0 Å². The Morgan fingerprint density at radius 2 is 1.77 bits per heavy atom. The van der Waals surface area contributed by atoms with Gasteiger partial charge < -0.3 is 4.57 Å². The van der Waals surface area contributed by atoms with E-state index < -0.39 is 11.2 Å². The van der Waals surface area contributed by atoms with Gasteiger partial charge in [-0.3, -0.25) is 18.7 Å². The molecule has 0 N–H and O–H groups in total. The van der Waals surface area contributed by atoms with Crippen molar-refractivity contribution < 1.29 is 4.79 Å². The number of carbonyl (C=O) groups is 1. The summed E-state index contributed by atoms with van der Waals surface area (Å²) in [5.41, 5.74) is 1.40. The minimum absolute atomic E-state index is 0.00732. The Bertz CT molecular complexity index is 1090. The van der Waals surface area contributed by atoms with Gasteiger partial charge in [-0.15, -0.1) is 0 Å². The summed E-state index contributed by atoms with van der Waals surface area (Å²) >= 11 is 0. The van der Waals surface area contributed by atoms with Crippen molar-refractivity contribution in [3.05, 3.63) is 62.6 Å². The van der Waals surface area contributed by atoms with Crippen LogP contribution in [0.5, 0.6) is 0 Å². The molecule has 26 heavy (non-hydrogen) atoms. The minimum atomic E-state index is -0.458. The molecule has 0 fully saturated rings. The van der Waals surface area contributed by atoms with E-state index in [9.17, 15) is 14.4 Å². The van der Waals surface area contributed by atoms with Gasteiger partial charge in [0.25, 0.3) is 5.56 Å². The molecule has 0 saturated heterocycles. The molecule has 1 unspecified atom stereocenters. The molecule has 0 bridgehead atoms. The lowest BCUT2D eigenvalue weighted by Gasteiger charge is -2.10.